The minimum atomic E-state index is -0.416. The summed E-state index contributed by atoms with van der Waals surface area (Å²) in [6.45, 7) is 2.18. The monoisotopic (exact) mass is 222 g/mol. The molecular weight excluding hydrogens is 204 g/mol. The van der Waals surface area contributed by atoms with Crippen LogP contribution < -0.4 is 0 Å². The van der Waals surface area contributed by atoms with E-state index in [1.165, 1.54) is 12.8 Å². The van der Waals surface area contributed by atoms with Crippen LogP contribution in [0.25, 0.3) is 0 Å². The molecule has 5 atom stereocenters. The fraction of sp³-hybridized carbons (Fsp3) is 0.846. The second kappa shape index (κ2) is 3.57. The molecule has 0 aliphatic heterocycles. The van der Waals surface area contributed by atoms with E-state index in [2.05, 4.69) is 0 Å². The van der Waals surface area contributed by atoms with Gasteiger partial charge in [-0.05, 0) is 50.4 Å². The highest BCUT2D eigenvalue weighted by molar-refractivity contribution is 6.02. The number of esters is 1. The van der Waals surface area contributed by atoms with E-state index in [-0.39, 0.29) is 17.7 Å². The van der Waals surface area contributed by atoms with Crippen LogP contribution in [0.5, 0.6) is 0 Å². The van der Waals surface area contributed by atoms with Crippen molar-refractivity contribution in [2.75, 3.05) is 6.61 Å². The summed E-state index contributed by atoms with van der Waals surface area (Å²) >= 11 is 0. The molecule has 0 N–H and O–H groups in total. The zero-order valence-corrected chi connectivity index (χ0v) is 9.65. The van der Waals surface area contributed by atoms with Gasteiger partial charge in [-0.2, -0.15) is 0 Å². The van der Waals surface area contributed by atoms with Gasteiger partial charge in [-0.25, -0.2) is 0 Å². The minimum absolute atomic E-state index is 0.179. The molecule has 2 bridgehead atoms. The van der Waals surface area contributed by atoms with Gasteiger partial charge in [0.05, 0.1) is 6.61 Å². The van der Waals surface area contributed by atoms with Crippen LogP contribution >= 0.6 is 0 Å². The Bertz CT molecular complexity index is 336. The van der Waals surface area contributed by atoms with Crippen LogP contribution in [-0.2, 0) is 14.3 Å². The molecular formula is C13H18O3. The van der Waals surface area contributed by atoms with E-state index in [1.807, 2.05) is 0 Å². The lowest BCUT2D eigenvalue weighted by atomic mass is 9.47. The molecule has 4 fully saturated rings. The van der Waals surface area contributed by atoms with Crippen molar-refractivity contribution in [2.24, 2.45) is 29.6 Å². The van der Waals surface area contributed by atoms with Crippen LogP contribution in [-0.4, -0.2) is 18.4 Å². The van der Waals surface area contributed by atoms with Gasteiger partial charge < -0.3 is 4.74 Å². The highest BCUT2D eigenvalue weighted by atomic mass is 16.5. The van der Waals surface area contributed by atoms with Gasteiger partial charge in [-0.3, -0.25) is 9.59 Å². The Labute approximate surface area is 95.5 Å². The number of fused-ring (bicyclic) bond motifs is 2. The lowest BCUT2D eigenvalue weighted by Crippen LogP contribution is -2.57. The molecule has 0 radical (unpaired) electrons. The number of ether oxygens (including phenoxy) is 1. The second-order valence-electron chi connectivity index (χ2n) is 5.38. The summed E-state index contributed by atoms with van der Waals surface area (Å²) in [5, 5.41) is 0. The van der Waals surface area contributed by atoms with Crippen molar-refractivity contribution in [3.63, 3.8) is 0 Å². The molecule has 4 saturated carbocycles. The third kappa shape index (κ3) is 1.20. The van der Waals surface area contributed by atoms with E-state index in [9.17, 15) is 9.59 Å². The number of ketones is 1. The van der Waals surface area contributed by atoms with E-state index in [1.54, 1.807) is 6.92 Å². The van der Waals surface area contributed by atoms with Crippen molar-refractivity contribution in [1.29, 1.82) is 0 Å². The van der Waals surface area contributed by atoms with Gasteiger partial charge in [0.2, 0.25) is 0 Å². The standard InChI is InChI=1S/C13H18O3/c1-2-16-13(15)11-9-5-6-10(12(11)14)8-4-3-7(8)9/h7-11H,2-6H2,1H3/t7-,8+,9-,10+,11?/m1/s1. The van der Waals surface area contributed by atoms with Crippen molar-refractivity contribution in [2.45, 2.75) is 32.6 Å². The highest BCUT2D eigenvalue weighted by Crippen LogP contribution is 2.58. The van der Waals surface area contributed by atoms with Crippen LogP contribution in [0.2, 0.25) is 0 Å². The molecule has 1 unspecified atom stereocenters. The lowest BCUT2D eigenvalue weighted by Gasteiger charge is -2.56. The molecule has 0 aromatic heterocycles. The Kier molecular flexibility index (Phi) is 2.30. The predicted molar refractivity (Wildman–Crippen MR) is 57.6 cm³/mol. The summed E-state index contributed by atoms with van der Waals surface area (Å²) < 4.78 is 5.05. The van der Waals surface area contributed by atoms with Crippen LogP contribution in [0.4, 0.5) is 0 Å². The van der Waals surface area contributed by atoms with E-state index >= 15 is 0 Å². The summed E-state index contributed by atoms with van der Waals surface area (Å²) in [5.74, 6) is 1.25. The van der Waals surface area contributed by atoms with Crippen LogP contribution in [0.15, 0.2) is 0 Å². The van der Waals surface area contributed by atoms with Gasteiger partial charge in [-0.1, -0.05) is 0 Å². The van der Waals surface area contributed by atoms with Gasteiger partial charge >= 0.3 is 5.97 Å². The number of Topliss-reactive ketones (excluding diaryl/α,β-unsaturated/α-hetero) is 1. The Balaban J connectivity index is 1.84. The number of carbonyl (C=O) groups excluding carboxylic acids is 2. The fourth-order valence-corrected chi connectivity index (χ4v) is 4.11. The zero-order chi connectivity index (χ0) is 11.3. The molecule has 16 heavy (non-hydrogen) atoms. The molecule has 0 spiro atoms. The first-order valence-electron chi connectivity index (χ1n) is 6.44. The molecule has 0 saturated heterocycles. The smallest absolute Gasteiger partial charge is 0.316 e. The minimum Gasteiger partial charge on any atom is -0.465 e. The maximum Gasteiger partial charge on any atom is 0.316 e. The first-order chi connectivity index (χ1) is 7.74. The molecule has 0 aromatic carbocycles. The van der Waals surface area contributed by atoms with Crippen LogP contribution in [0.3, 0.4) is 0 Å². The Morgan fingerprint density at radius 2 is 1.88 bits per heavy atom. The summed E-state index contributed by atoms with van der Waals surface area (Å²) in [6.07, 6.45) is 4.49. The molecule has 0 amide bonds. The molecule has 0 heterocycles. The first kappa shape index (κ1) is 10.3. The molecule has 4 aliphatic carbocycles. The molecule has 88 valence electrons. The van der Waals surface area contributed by atoms with Crippen molar-refractivity contribution < 1.29 is 14.3 Å². The van der Waals surface area contributed by atoms with Crippen LogP contribution in [0.1, 0.15) is 32.6 Å². The lowest BCUT2D eigenvalue weighted by molar-refractivity contribution is -0.172. The van der Waals surface area contributed by atoms with E-state index in [4.69, 9.17) is 4.74 Å². The number of rotatable bonds is 2. The summed E-state index contributed by atoms with van der Waals surface area (Å²) in [7, 11) is 0. The van der Waals surface area contributed by atoms with Crippen LogP contribution in [0, 0.1) is 29.6 Å². The summed E-state index contributed by atoms with van der Waals surface area (Å²) in [4.78, 5) is 24.0. The van der Waals surface area contributed by atoms with Crippen molar-refractivity contribution >= 4 is 11.8 Å². The third-order valence-electron chi connectivity index (χ3n) is 4.90. The normalized spacial score (nSPS) is 44.8. The molecule has 4 aliphatic rings. The molecule has 3 nitrogen and oxygen atoms in total. The Morgan fingerprint density at radius 3 is 2.50 bits per heavy atom. The molecule has 0 aromatic rings. The van der Waals surface area contributed by atoms with Gasteiger partial charge in [-0.15, -0.1) is 0 Å². The topological polar surface area (TPSA) is 43.4 Å². The van der Waals surface area contributed by atoms with Gasteiger partial charge in [0.15, 0.2) is 5.78 Å². The second-order valence-corrected chi connectivity index (χ2v) is 5.38. The average Bonchev–Trinajstić information content (AvgIpc) is 2.19. The van der Waals surface area contributed by atoms with E-state index in [0.717, 1.165) is 12.8 Å². The van der Waals surface area contributed by atoms with Crippen molar-refractivity contribution in [3.05, 3.63) is 0 Å². The van der Waals surface area contributed by atoms with Crippen molar-refractivity contribution in [1.82, 2.24) is 0 Å². The quantitative estimate of drug-likeness (QED) is 0.528. The molecule has 3 heteroatoms. The maximum atomic E-state index is 12.2. The van der Waals surface area contributed by atoms with Gasteiger partial charge in [0.25, 0.3) is 0 Å². The SMILES string of the molecule is CCOC(=O)C1C(=O)[C@H]2CC[C@@H]1[C@@H]1CC[C@@H]12. The van der Waals surface area contributed by atoms with Crippen molar-refractivity contribution in [3.8, 4) is 0 Å². The number of hydrogen-bond acceptors (Lipinski definition) is 3. The maximum absolute atomic E-state index is 12.2. The Morgan fingerprint density at radius 1 is 1.19 bits per heavy atom. The fourth-order valence-electron chi connectivity index (χ4n) is 4.11. The predicted octanol–water partition coefficient (Wildman–Crippen LogP) is 1.80. The largest absolute Gasteiger partial charge is 0.465 e. The van der Waals surface area contributed by atoms with E-state index in [0.29, 0.717) is 24.4 Å². The molecule has 4 rings (SSSR count). The van der Waals surface area contributed by atoms with Gasteiger partial charge in [0.1, 0.15) is 5.92 Å². The Hall–Kier alpha value is -0.860. The third-order valence-corrected chi connectivity index (χ3v) is 4.90. The van der Waals surface area contributed by atoms with E-state index < -0.39 is 5.92 Å². The number of hydrogen-bond donors (Lipinski definition) is 0. The first-order valence-corrected chi connectivity index (χ1v) is 6.44. The summed E-state index contributed by atoms with van der Waals surface area (Å²) in [5.41, 5.74) is 0. The summed E-state index contributed by atoms with van der Waals surface area (Å²) in [6, 6.07) is 0. The number of carbonyl (C=O) groups is 2. The van der Waals surface area contributed by atoms with Gasteiger partial charge in [0, 0.05) is 5.92 Å². The average molecular weight is 222 g/mol. The zero-order valence-electron chi connectivity index (χ0n) is 9.65. The highest BCUT2D eigenvalue weighted by Gasteiger charge is 2.59.